The zero-order valence-electron chi connectivity index (χ0n) is 6.93. The van der Waals surface area contributed by atoms with Gasteiger partial charge in [-0.1, -0.05) is 23.2 Å². The highest BCUT2D eigenvalue weighted by atomic mass is 35.5. The van der Waals surface area contributed by atoms with Crippen LogP contribution in [0.1, 0.15) is 5.56 Å². The maximum atomic E-state index is 5.81. The molecule has 1 N–H and O–H groups in total. The lowest BCUT2D eigenvalue weighted by Gasteiger charge is -2.04. The molecule has 0 saturated heterocycles. The third kappa shape index (κ3) is 3.14. The Bertz CT molecular complexity index is 262. The number of aromatic nitrogens is 2. The Morgan fingerprint density at radius 3 is 2.46 bits per heavy atom. The van der Waals surface area contributed by atoms with Crippen LogP contribution in [0.2, 0.25) is 10.3 Å². The fraction of sp³-hybridized carbons (Fsp3) is 0.429. The van der Waals surface area contributed by atoms with Crippen LogP contribution in [-0.2, 0) is 6.42 Å². The summed E-state index contributed by atoms with van der Waals surface area (Å²) < 4.78 is 0. The molecule has 13 heavy (non-hydrogen) atoms. The van der Waals surface area contributed by atoms with Crippen LogP contribution < -0.4 is 5.32 Å². The minimum atomic E-state index is 0.402. The Labute approximate surface area is 88.3 Å². The summed E-state index contributed by atoms with van der Waals surface area (Å²) in [6, 6.07) is 0. The second-order valence-corrected chi connectivity index (χ2v) is 3.10. The van der Waals surface area contributed by atoms with Gasteiger partial charge >= 0.3 is 0 Å². The molecule has 0 spiro atoms. The van der Waals surface area contributed by atoms with Gasteiger partial charge in [0.2, 0.25) is 0 Å². The van der Waals surface area contributed by atoms with E-state index in [1.807, 2.05) is 0 Å². The molecule has 0 aromatic carbocycles. The summed E-state index contributed by atoms with van der Waals surface area (Å²) in [6.45, 7) is 0.712. The second kappa shape index (κ2) is 5.42. The summed E-state index contributed by atoms with van der Waals surface area (Å²) >= 11 is 11.6. The first-order valence-corrected chi connectivity index (χ1v) is 4.57. The Morgan fingerprint density at radius 1 is 1.31 bits per heavy atom. The van der Waals surface area contributed by atoms with Gasteiger partial charge in [0.25, 0.3) is 0 Å². The first-order valence-electron chi connectivity index (χ1n) is 3.81. The van der Waals surface area contributed by atoms with E-state index in [9.17, 15) is 0 Å². The van der Waals surface area contributed by atoms with Crippen LogP contribution in [0.25, 0.3) is 0 Å². The average Bonchev–Trinajstić information content (AvgIpc) is 2.10. The van der Waals surface area contributed by atoms with Crippen LogP contribution in [0.5, 0.6) is 0 Å². The molecule has 1 aromatic heterocycles. The molecule has 2 radical (unpaired) electrons. The fourth-order valence-corrected chi connectivity index (χ4v) is 1.40. The number of hydrogen-bond donors (Lipinski definition) is 1. The molecule has 0 aliphatic rings. The van der Waals surface area contributed by atoms with Gasteiger partial charge in [0.1, 0.15) is 16.6 Å². The molecule has 0 amide bonds. The van der Waals surface area contributed by atoms with Gasteiger partial charge in [0.15, 0.2) is 0 Å². The summed E-state index contributed by atoms with van der Waals surface area (Å²) in [5, 5.41) is 3.76. The lowest BCUT2D eigenvalue weighted by molar-refractivity contribution is 0.765. The number of rotatable bonds is 4. The van der Waals surface area contributed by atoms with Gasteiger partial charge in [-0.05, 0) is 19.4 Å². The van der Waals surface area contributed by atoms with Crippen molar-refractivity contribution in [1.29, 1.82) is 0 Å². The fourth-order valence-electron chi connectivity index (χ4n) is 0.893. The third-order valence-electron chi connectivity index (χ3n) is 1.54. The van der Waals surface area contributed by atoms with Crippen molar-refractivity contribution in [1.82, 2.24) is 15.3 Å². The van der Waals surface area contributed by atoms with E-state index < -0.39 is 0 Å². The minimum Gasteiger partial charge on any atom is -0.325 e. The Kier molecular flexibility index (Phi) is 4.49. The van der Waals surface area contributed by atoms with E-state index in [1.54, 1.807) is 0 Å². The average molecular weight is 216 g/mol. The molecule has 0 atom stereocenters. The van der Waals surface area contributed by atoms with Crippen molar-refractivity contribution in [3.05, 3.63) is 22.2 Å². The molecular weight excluding hydrogens is 208 g/mol. The topological polar surface area (TPSA) is 37.8 Å². The third-order valence-corrected chi connectivity index (χ3v) is 2.19. The minimum absolute atomic E-state index is 0.402. The molecule has 68 valence electrons. The van der Waals surface area contributed by atoms with Gasteiger partial charge in [0, 0.05) is 5.56 Å². The summed E-state index contributed by atoms with van der Waals surface area (Å²) in [4.78, 5) is 7.66. The summed E-state index contributed by atoms with van der Waals surface area (Å²) in [7, 11) is 5.26. The molecule has 0 saturated carbocycles. The van der Waals surface area contributed by atoms with Crippen LogP contribution in [0, 0.1) is 0 Å². The molecule has 1 aromatic rings. The Balaban J connectivity index is 2.64. The molecule has 1 rings (SSSR count). The van der Waals surface area contributed by atoms with Gasteiger partial charge in [-0.25, -0.2) is 9.97 Å². The number of halogens is 2. The van der Waals surface area contributed by atoms with Crippen LogP contribution in [-0.4, -0.2) is 30.8 Å². The van der Waals surface area contributed by atoms with Crippen molar-refractivity contribution < 1.29 is 0 Å². The molecule has 3 nitrogen and oxygen atoms in total. The van der Waals surface area contributed by atoms with Crippen LogP contribution in [0.15, 0.2) is 6.33 Å². The van der Waals surface area contributed by atoms with Crippen LogP contribution in [0.4, 0.5) is 0 Å². The molecule has 0 aliphatic heterocycles. The molecule has 0 fully saturated rings. The lowest BCUT2D eigenvalue weighted by atomic mass is 10.1. The van der Waals surface area contributed by atoms with Crippen LogP contribution >= 0.6 is 23.2 Å². The largest absolute Gasteiger partial charge is 0.325 e. The van der Waals surface area contributed by atoms with E-state index in [2.05, 4.69) is 15.3 Å². The number of hydrogen-bond acceptors (Lipinski definition) is 3. The van der Waals surface area contributed by atoms with E-state index in [0.717, 1.165) is 5.56 Å². The summed E-state index contributed by atoms with van der Waals surface area (Å²) in [5.74, 6) is 0. The van der Waals surface area contributed by atoms with E-state index in [0.29, 0.717) is 29.7 Å². The second-order valence-electron chi connectivity index (χ2n) is 2.39. The van der Waals surface area contributed by atoms with E-state index in [1.165, 1.54) is 6.33 Å². The van der Waals surface area contributed by atoms with E-state index in [-0.39, 0.29) is 0 Å². The van der Waals surface area contributed by atoms with Crippen molar-refractivity contribution in [2.24, 2.45) is 0 Å². The van der Waals surface area contributed by atoms with Crippen molar-refractivity contribution >= 4 is 31.0 Å². The van der Waals surface area contributed by atoms with E-state index in [4.69, 9.17) is 31.0 Å². The van der Waals surface area contributed by atoms with Crippen molar-refractivity contribution in [3.63, 3.8) is 0 Å². The highest BCUT2D eigenvalue weighted by molar-refractivity contribution is 6.34. The predicted octanol–water partition coefficient (Wildman–Crippen LogP) is 1.04. The van der Waals surface area contributed by atoms with Crippen LogP contribution in [0.3, 0.4) is 0 Å². The van der Waals surface area contributed by atoms with Gasteiger partial charge in [-0.2, -0.15) is 0 Å². The smallest absolute Gasteiger partial charge is 0.137 e. The molecule has 0 aliphatic carbocycles. The monoisotopic (exact) mass is 215 g/mol. The first-order chi connectivity index (χ1) is 6.25. The molecular formula is C7H8BCl2N3. The number of nitrogens with one attached hydrogen (secondary N) is 1. The standard InChI is InChI=1S/C7H8BCl2N3/c8-3-11-2-1-5-6(9)12-4-13-7(5)10/h4,11H,1-3H2. The quantitative estimate of drug-likeness (QED) is 0.464. The van der Waals surface area contributed by atoms with Crippen molar-refractivity contribution in [3.8, 4) is 0 Å². The Hall–Kier alpha value is -0.315. The zero-order chi connectivity index (χ0) is 9.68. The molecule has 0 bridgehead atoms. The molecule has 1 heterocycles. The highest BCUT2D eigenvalue weighted by Crippen LogP contribution is 2.19. The summed E-state index contributed by atoms with van der Waals surface area (Å²) in [5.41, 5.74) is 0.756. The molecule has 0 unspecified atom stereocenters. The van der Waals surface area contributed by atoms with Crippen molar-refractivity contribution in [2.45, 2.75) is 6.42 Å². The van der Waals surface area contributed by atoms with Gasteiger partial charge in [-0.3, -0.25) is 0 Å². The van der Waals surface area contributed by atoms with Gasteiger partial charge in [-0.15, -0.1) is 0 Å². The zero-order valence-corrected chi connectivity index (χ0v) is 8.44. The molecule has 6 heteroatoms. The lowest BCUT2D eigenvalue weighted by Crippen LogP contribution is -2.18. The van der Waals surface area contributed by atoms with Crippen molar-refractivity contribution in [2.75, 3.05) is 13.0 Å². The normalized spacial score (nSPS) is 10.3. The first kappa shape index (κ1) is 10.8. The highest BCUT2D eigenvalue weighted by Gasteiger charge is 2.06. The Morgan fingerprint density at radius 2 is 1.92 bits per heavy atom. The van der Waals surface area contributed by atoms with E-state index >= 15 is 0 Å². The van der Waals surface area contributed by atoms with Gasteiger partial charge < -0.3 is 5.32 Å². The number of nitrogens with zero attached hydrogens (tertiary/aromatic N) is 2. The maximum Gasteiger partial charge on any atom is 0.137 e. The maximum absolute atomic E-state index is 5.81. The van der Waals surface area contributed by atoms with Gasteiger partial charge in [0.05, 0.1) is 7.85 Å². The summed E-state index contributed by atoms with van der Waals surface area (Å²) in [6.07, 6.45) is 2.45. The SMILES string of the molecule is [B]CNCCc1c(Cl)ncnc1Cl. The predicted molar refractivity (Wildman–Crippen MR) is 54.4 cm³/mol.